The van der Waals surface area contributed by atoms with Crippen LogP contribution in [0, 0.1) is 6.92 Å². The fraction of sp³-hybridized carbons (Fsp3) is 0.542. The number of nitrogens with one attached hydrogen (secondary N) is 1. The van der Waals surface area contributed by atoms with Crippen molar-refractivity contribution in [2.45, 2.75) is 65.5 Å². The van der Waals surface area contributed by atoms with Gasteiger partial charge in [0.1, 0.15) is 23.2 Å². The van der Waals surface area contributed by atoms with Crippen molar-refractivity contribution in [2.24, 2.45) is 0 Å². The van der Waals surface area contributed by atoms with Crippen molar-refractivity contribution in [1.82, 2.24) is 29.4 Å². The van der Waals surface area contributed by atoms with Crippen molar-refractivity contribution in [3.8, 4) is 11.4 Å². The number of aryl methyl sites for hydroxylation is 2. The molecular formula is C24H33N7O3. The van der Waals surface area contributed by atoms with Crippen LogP contribution in [0.4, 0.5) is 5.69 Å². The number of fused-ring (bicyclic) bond motifs is 1. The predicted molar refractivity (Wildman–Crippen MR) is 129 cm³/mol. The number of imidazole rings is 1. The summed E-state index contributed by atoms with van der Waals surface area (Å²) in [6.45, 7) is 11.5. The second kappa shape index (κ2) is 10.0. The van der Waals surface area contributed by atoms with Crippen LogP contribution >= 0.6 is 0 Å². The van der Waals surface area contributed by atoms with Gasteiger partial charge in [0.15, 0.2) is 5.65 Å². The Labute approximate surface area is 199 Å². The Balaban J connectivity index is 1.71. The maximum Gasteiger partial charge on any atom is 0.247 e. The highest BCUT2D eigenvalue weighted by Crippen LogP contribution is 2.28. The standard InChI is InChI=1S/C24H33N7O3/c1-7-31-22(18-10-26-17(5)27-11-18)29-21-19(8-9-25-23(21)31)28-20(16(4)33-6)24(32)30-12-14(2)34-15(3)13-30/h8-11,14-16,20H,7,12-13H2,1-6H3,(H,25,28). The molecule has 4 heterocycles. The molecule has 4 atom stereocenters. The van der Waals surface area contributed by atoms with Gasteiger partial charge in [-0.05, 0) is 40.7 Å². The SMILES string of the molecule is CCn1c(-c2cnc(C)nc2)nc2c(NC(C(=O)N3CC(C)OC(C)C3)C(C)OC)ccnc21. The van der Waals surface area contributed by atoms with Crippen molar-refractivity contribution < 1.29 is 14.3 Å². The summed E-state index contributed by atoms with van der Waals surface area (Å²) in [5, 5.41) is 3.42. The average molecular weight is 468 g/mol. The molecular weight excluding hydrogens is 434 g/mol. The summed E-state index contributed by atoms with van der Waals surface area (Å²) in [5.41, 5.74) is 2.95. The summed E-state index contributed by atoms with van der Waals surface area (Å²) in [4.78, 5) is 33.5. The van der Waals surface area contributed by atoms with E-state index >= 15 is 0 Å². The Bertz CT molecular complexity index is 1140. The number of aromatic nitrogens is 5. The van der Waals surface area contributed by atoms with E-state index in [-0.39, 0.29) is 24.2 Å². The lowest BCUT2D eigenvalue weighted by Crippen LogP contribution is -2.55. The number of nitrogens with zero attached hydrogens (tertiary/aromatic N) is 6. The van der Waals surface area contributed by atoms with E-state index in [0.29, 0.717) is 31.0 Å². The summed E-state index contributed by atoms with van der Waals surface area (Å²) in [6.07, 6.45) is 4.87. The molecule has 1 saturated heterocycles. The van der Waals surface area contributed by atoms with Gasteiger partial charge in [0.25, 0.3) is 0 Å². The van der Waals surface area contributed by atoms with E-state index in [0.717, 1.165) is 22.7 Å². The molecule has 0 aliphatic carbocycles. The first kappa shape index (κ1) is 24.0. The fourth-order valence-electron chi connectivity index (χ4n) is 4.40. The van der Waals surface area contributed by atoms with E-state index in [1.54, 1.807) is 25.7 Å². The van der Waals surface area contributed by atoms with Crippen LogP contribution in [-0.2, 0) is 20.8 Å². The maximum atomic E-state index is 13.6. The first-order valence-electron chi connectivity index (χ1n) is 11.7. The molecule has 4 unspecified atom stereocenters. The molecule has 1 aliphatic rings. The zero-order chi connectivity index (χ0) is 24.4. The molecule has 1 amide bonds. The normalized spacial score (nSPS) is 20.4. The second-order valence-corrected chi connectivity index (χ2v) is 8.79. The van der Waals surface area contributed by atoms with Crippen molar-refractivity contribution in [1.29, 1.82) is 0 Å². The monoisotopic (exact) mass is 467 g/mol. The molecule has 4 rings (SSSR count). The molecule has 1 fully saturated rings. The first-order chi connectivity index (χ1) is 16.3. The molecule has 0 bridgehead atoms. The molecule has 10 nitrogen and oxygen atoms in total. The third-order valence-corrected chi connectivity index (χ3v) is 6.14. The van der Waals surface area contributed by atoms with Gasteiger partial charge in [0.05, 0.1) is 29.6 Å². The molecule has 0 aromatic carbocycles. The van der Waals surface area contributed by atoms with Gasteiger partial charge >= 0.3 is 0 Å². The van der Waals surface area contributed by atoms with E-state index in [2.05, 4.69) is 20.3 Å². The zero-order valence-corrected chi connectivity index (χ0v) is 20.6. The summed E-state index contributed by atoms with van der Waals surface area (Å²) < 4.78 is 13.4. The Kier molecular flexibility index (Phi) is 7.08. The van der Waals surface area contributed by atoms with Gasteiger partial charge in [-0.3, -0.25) is 4.79 Å². The van der Waals surface area contributed by atoms with Crippen LogP contribution in [0.3, 0.4) is 0 Å². The second-order valence-electron chi connectivity index (χ2n) is 8.79. The van der Waals surface area contributed by atoms with E-state index < -0.39 is 6.04 Å². The van der Waals surface area contributed by atoms with E-state index in [1.165, 1.54) is 0 Å². The molecule has 34 heavy (non-hydrogen) atoms. The van der Waals surface area contributed by atoms with Crippen molar-refractivity contribution in [3.05, 3.63) is 30.5 Å². The van der Waals surface area contributed by atoms with Crippen LogP contribution in [0.1, 0.15) is 33.5 Å². The number of hydrogen-bond acceptors (Lipinski definition) is 8. The lowest BCUT2D eigenvalue weighted by atomic mass is 10.1. The number of hydrogen-bond donors (Lipinski definition) is 1. The molecule has 182 valence electrons. The minimum atomic E-state index is -0.592. The third kappa shape index (κ3) is 4.74. The number of pyridine rings is 1. The third-order valence-electron chi connectivity index (χ3n) is 6.14. The maximum absolute atomic E-state index is 13.6. The lowest BCUT2D eigenvalue weighted by molar-refractivity contribution is -0.146. The summed E-state index contributed by atoms with van der Waals surface area (Å²) in [7, 11) is 1.61. The number of carbonyl (C=O) groups excluding carboxylic acids is 1. The quantitative estimate of drug-likeness (QED) is 0.565. The summed E-state index contributed by atoms with van der Waals surface area (Å²) in [6, 6.07) is 1.25. The van der Waals surface area contributed by atoms with Gasteiger partial charge in [-0.1, -0.05) is 0 Å². The molecule has 0 saturated carbocycles. The smallest absolute Gasteiger partial charge is 0.247 e. The fourth-order valence-corrected chi connectivity index (χ4v) is 4.40. The topological polar surface area (TPSA) is 107 Å². The predicted octanol–water partition coefficient (Wildman–Crippen LogP) is 2.67. The van der Waals surface area contributed by atoms with Gasteiger partial charge in [0.2, 0.25) is 5.91 Å². The van der Waals surface area contributed by atoms with Crippen LogP contribution in [0.15, 0.2) is 24.7 Å². The summed E-state index contributed by atoms with van der Waals surface area (Å²) in [5.74, 6) is 1.41. The Morgan fingerprint density at radius 2 is 1.91 bits per heavy atom. The van der Waals surface area contributed by atoms with Gasteiger partial charge in [-0.25, -0.2) is 19.9 Å². The Hall–Kier alpha value is -3.11. The van der Waals surface area contributed by atoms with Crippen LogP contribution in [0.5, 0.6) is 0 Å². The molecule has 1 N–H and O–H groups in total. The van der Waals surface area contributed by atoms with E-state index in [9.17, 15) is 4.79 Å². The number of anilines is 1. The van der Waals surface area contributed by atoms with Gasteiger partial charge in [-0.2, -0.15) is 0 Å². The Morgan fingerprint density at radius 1 is 1.24 bits per heavy atom. The largest absolute Gasteiger partial charge is 0.379 e. The van der Waals surface area contributed by atoms with E-state index in [1.807, 2.05) is 50.2 Å². The summed E-state index contributed by atoms with van der Waals surface area (Å²) >= 11 is 0. The van der Waals surface area contributed by atoms with Crippen LogP contribution in [-0.4, -0.2) is 79.9 Å². The molecule has 0 radical (unpaired) electrons. The van der Waals surface area contributed by atoms with Crippen molar-refractivity contribution in [2.75, 3.05) is 25.5 Å². The minimum Gasteiger partial charge on any atom is -0.379 e. The van der Waals surface area contributed by atoms with E-state index in [4.69, 9.17) is 14.5 Å². The highest BCUT2D eigenvalue weighted by atomic mass is 16.5. The zero-order valence-electron chi connectivity index (χ0n) is 20.6. The van der Waals surface area contributed by atoms with Crippen LogP contribution < -0.4 is 5.32 Å². The number of amides is 1. The van der Waals surface area contributed by atoms with Crippen LogP contribution in [0.25, 0.3) is 22.6 Å². The molecule has 1 aliphatic heterocycles. The van der Waals surface area contributed by atoms with Crippen molar-refractivity contribution >= 4 is 22.8 Å². The molecule has 3 aromatic heterocycles. The minimum absolute atomic E-state index is 0.0154. The highest BCUT2D eigenvalue weighted by Gasteiger charge is 2.34. The molecule has 3 aromatic rings. The van der Waals surface area contributed by atoms with Gasteiger partial charge in [0, 0.05) is 45.3 Å². The number of rotatable bonds is 7. The number of methoxy groups -OCH3 is 1. The van der Waals surface area contributed by atoms with Gasteiger partial charge < -0.3 is 24.3 Å². The Morgan fingerprint density at radius 3 is 2.53 bits per heavy atom. The highest BCUT2D eigenvalue weighted by molar-refractivity contribution is 5.92. The number of carbonyl (C=O) groups is 1. The average Bonchev–Trinajstić information content (AvgIpc) is 3.21. The van der Waals surface area contributed by atoms with Crippen molar-refractivity contribution in [3.63, 3.8) is 0 Å². The first-order valence-corrected chi connectivity index (χ1v) is 11.7. The number of ether oxygens (including phenoxy) is 2. The molecule has 10 heteroatoms. The van der Waals surface area contributed by atoms with Gasteiger partial charge in [-0.15, -0.1) is 0 Å². The lowest BCUT2D eigenvalue weighted by Gasteiger charge is -2.38. The number of morpholine rings is 1. The van der Waals surface area contributed by atoms with Crippen LogP contribution in [0.2, 0.25) is 0 Å². The molecule has 0 spiro atoms.